The Morgan fingerprint density at radius 3 is 2.34 bits per heavy atom. The van der Waals surface area contributed by atoms with Gasteiger partial charge < -0.3 is 9.64 Å². The van der Waals surface area contributed by atoms with E-state index in [1.807, 2.05) is 24.3 Å². The lowest BCUT2D eigenvalue weighted by molar-refractivity contribution is 0.248. The molecule has 0 N–H and O–H groups in total. The number of rotatable bonds is 6. The standard InChI is InChI=1S/C24H25ClN2OS/c1-28-22-10-3-5-12-24(22)29-23-11-4-2-7-19(23)18-26-13-15-27(16-14-26)21-9-6-8-20(25)17-21/h2-12,17H,13-16,18H2,1H3. The largest absolute Gasteiger partial charge is 0.496 e. The van der Waals surface area contributed by atoms with Crippen molar-refractivity contribution >= 4 is 29.1 Å². The van der Waals surface area contributed by atoms with Gasteiger partial charge in [-0.1, -0.05) is 59.8 Å². The first-order valence-corrected chi connectivity index (χ1v) is 11.0. The number of ether oxygens (including phenoxy) is 1. The molecule has 5 heteroatoms. The first-order valence-electron chi connectivity index (χ1n) is 9.84. The van der Waals surface area contributed by atoms with Crippen molar-refractivity contribution in [1.29, 1.82) is 0 Å². The normalized spacial score (nSPS) is 14.8. The Morgan fingerprint density at radius 1 is 0.862 bits per heavy atom. The minimum Gasteiger partial charge on any atom is -0.496 e. The highest BCUT2D eigenvalue weighted by Crippen LogP contribution is 2.36. The summed E-state index contributed by atoms with van der Waals surface area (Å²) in [6.45, 7) is 5.08. The van der Waals surface area contributed by atoms with Crippen LogP contribution in [0.5, 0.6) is 5.75 Å². The minimum absolute atomic E-state index is 0.798. The van der Waals surface area contributed by atoms with E-state index in [4.69, 9.17) is 16.3 Å². The zero-order valence-electron chi connectivity index (χ0n) is 16.6. The molecule has 0 amide bonds. The Morgan fingerprint density at radius 2 is 1.59 bits per heavy atom. The topological polar surface area (TPSA) is 15.7 Å². The number of piperazine rings is 1. The van der Waals surface area contributed by atoms with Crippen LogP contribution in [0.2, 0.25) is 5.02 Å². The Kier molecular flexibility index (Phi) is 6.65. The van der Waals surface area contributed by atoms with Crippen molar-refractivity contribution in [2.45, 2.75) is 16.3 Å². The lowest BCUT2D eigenvalue weighted by Gasteiger charge is -2.36. The maximum Gasteiger partial charge on any atom is 0.132 e. The van der Waals surface area contributed by atoms with Gasteiger partial charge in [-0.25, -0.2) is 0 Å². The fourth-order valence-electron chi connectivity index (χ4n) is 3.63. The molecule has 0 radical (unpaired) electrons. The Hall–Kier alpha value is -2.14. The number of nitrogens with zero attached hydrogens (tertiary/aromatic N) is 2. The third-order valence-electron chi connectivity index (χ3n) is 5.20. The molecule has 150 valence electrons. The van der Waals surface area contributed by atoms with Gasteiger partial charge in [0.05, 0.1) is 12.0 Å². The van der Waals surface area contributed by atoms with E-state index in [9.17, 15) is 0 Å². The van der Waals surface area contributed by atoms with Crippen molar-refractivity contribution < 1.29 is 4.74 Å². The fourth-order valence-corrected chi connectivity index (χ4v) is 4.86. The molecular formula is C24H25ClN2OS. The monoisotopic (exact) mass is 424 g/mol. The quantitative estimate of drug-likeness (QED) is 0.495. The van der Waals surface area contributed by atoms with E-state index in [0.717, 1.165) is 48.4 Å². The number of methoxy groups -OCH3 is 1. The smallest absolute Gasteiger partial charge is 0.132 e. The van der Waals surface area contributed by atoms with E-state index < -0.39 is 0 Å². The number of anilines is 1. The molecule has 1 heterocycles. The van der Waals surface area contributed by atoms with Gasteiger partial charge in [0.25, 0.3) is 0 Å². The molecule has 29 heavy (non-hydrogen) atoms. The van der Waals surface area contributed by atoms with Crippen molar-refractivity contribution in [2.24, 2.45) is 0 Å². The van der Waals surface area contributed by atoms with Crippen molar-refractivity contribution in [1.82, 2.24) is 4.90 Å². The molecule has 3 aromatic rings. The minimum atomic E-state index is 0.798. The van der Waals surface area contributed by atoms with Gasteiger partial charge in [-0.3, -0.25) is 4.90 Å². The van der Waals surface area contributed by atoms with Crippen molar-refractivity contribution in [3.63, 3.8) is 0 Å². The van der Waals surface area contributed by atoms with Gasteiger partial charge in [-0.05, 0) is 42.0 Å². The summed E-state index contributed by atoms with van der Waals surface area (Å²) < 4.78 is 5.52. The molecule has 4 rings (SSSR count). The Labute approximate surface area is 182 Å². The molecule has 0 unspecified atom stereocenters. The lowest BCUT2D eigenvalue weighted by Crippen LogP contribution is -2.46. The molecule has 1 aliphatic rings. The summed E-state index contributed by atoms with van der Waals surface area (Å²) in [7, 11) is 1.73. The summed E-state index contributed by atoms with van der Waals surface area (Å²) in [5.41, 5.74) is 2.57. The van der Waals surface area contributed by atoms with E-state index in [0.29, 0.717) is 0 Å². The summed E-state index contributed by atoms with van der Waals surface area (Å²) >= 11 is 7.93. The van der Waals surface area contributed by atoms with Crippen LogP contribution in [-0.2, 0) is 6.54 Å². The maximum atomic E-state index is 6.16. The number of hydrogen-bond acceptors (Lipinski definition) is 4. The average Bonchev–Trinajstić information content (AvgIpc) is 2.76. The second-order valence-electron chi connectivity index (χ2n) is 7.10. The van der Waals surface area contributed by atoms with Gasteiger partial charge in [0.1, 0.15) is 5.75 Å². The van der Waals surface area contributed by atoms with Gasteiger partial charge >= 0.3 is 0 Å². The van der Waals surface area contributed by atoms with Crippen molar-refractivity contribution in [3.05, 3.63) is 83.4 Å². The molecule has 0 bridgehead atoms. The van der Waals surface area contributed by atoms with Gasteiger partial charge in [0.15, 0.2) is 0 Å². The van der Waals surface area contributed by atoms with Gasteiger partial charge in [-0.2, -0.15) is 0 Å². The number of halogens is 1. The number of benzene rings is 3. The molecule has 3 nitrogen and oxygen atoms in total. The molecule has 0 aromatic heterocycles. The summed E-state index contributed by atoms with van der Waals surface area (Å²) in [4.78, 5) is 7.38. The predicted molar refractivity (Wildman–Crippen MR) is 123 cm³/mol. The molecule has 0 saturated carbocycles. The van der Waals surface area contributed by atoms with E-state index in [-0.39, 0.29) is 0 Å². The van der Waals surface area contributed by atoms with Gasteiger partial charge in [0.2, 0.25) is 0 Å². The summed E-state index contributed by atoms with van der Waals surface area (Å²) in [6.07, 6.45) is 0. The van der Waals surface area contributed by atoms with Crippen molar-refractivity contribution in [3.8, 4) is 5.75 Å². The first kappa shape index (κ1) is 20.1. The van der Waals surface area contributed by atoms with Crippen LogP contribution in [0.15, 0.2) is 82.6 Å². The number of para-hydroxylation sites is 1. The second kappa shape index (κ2) is 9.57. The fraction of sp³-hybridized carbons (Fsp3) is 0.250. The van der Waals surface area contributed by atoms with Crippen LogP contribution >= 0.6 is 23.4 Å². The summed E-state index contributed by atoms with van der Waals surface area (Å²) in [6, 6.07) is 25.0. The van der Waals surface area contributed by atoms with Crippen LogP contribution in [0.3, 0.4) is 0 Å². The van der Waals surface area contributed by atoms with E-state index in [2.05, 4.69) is 58.3 Å². The highest BCUT2D eigenvalue weighted by atomic mass is 35.5. The van der Waals surface area contributed by atoms with Gasteiger partial charge in [-0.15, -0.1) is 0 Å². The zero-order chi connectivity index (χ0) is 20.1. The highest BCUT2D eigenvalue weighted by Gasteiger charge is 2.19. The highest BCUT2D eigenvalue weighted by molar-refractivity contribution is 7.99. The molecule has 0 atom stereocenters. The molecule has 1 fully saturated rings. The zero-order valence-corrected chi connectivity index (χ0v) is 18.1. The van der Waals surface area contributed by atoms with E-state index >= 15 is 0 Å². The van der Waals surface area contributed by atoms with Crippen LogP contribution < -0.4 is 9.64 Å². The van der Waals surface area contributed by atoms with Crippen LogP contribution in [0.4, 0.5) is 5.69 Å². The first-order chi connectivity index (χ1) is 14.2. The van der Waals surface area contributed by atoms with Crippen LogP contribution in [0, 0.1) is 0 Å². The SMILES string of the molecule is COc1ccccc1Sc1ccccc1CN1CCN(c2cccc(Cl)c2)CC1. The average molecular weight is 425 g/mol. The molecule has 1 aliphatic heterocycles. The Balaban J connectivity index is 1.42. The van der Waals surface area contributed by atoms with Crippen LogP contribution in [0.1, 0.15) is 5.56 Å². The molecule has 0 spiro atoms. The lowest BCUT2D eigenvalue weighted by atomic mass is 10.2. The van der Waals surface area contributed by atoms with Crippen molar-refractivity contribution in [2.75, 3.05) is 38.2 Å². The third-order valence-corrected chi connectivity index (χ3v) is 6.61. The van der Waals surface area contributed by atoms with Crippen LogP contribution in [-0.4, -0.2) is 38.2 Å². The molecular weight excluding hydrogens is 400 g/mol. The van der Waals surface area contributed by atoms with E-state index in [1.165, 1.54) is 16.1 Å². The second-order valence-corrected chi connectivity index (χ2v) is 8.62. The maximum absolute atomic E-state index is 6.16. The summed E-state index contributed by atoms with van der Waals surface area (Å²) in [5, 5.41) is 0.798. The molecule has 0 aliphatic carbocycles. The summed E-state index contributed by atoms with van der Waals surface area (Å²) in [5.74, 6) is 0.919. The third kappa shape index (κ3) is 5.08. The molecule has 3 aromatic carbocycles. The van der Waals surface area contributed by atoms with Gasteiger partial charge in [0, 0.05) is 48.3 Å². The van der Waals surface area contributed by atoms with E-state index in [1.54, 1.807) is 18.9 Å². The number of hydrogen-bond donors (Lipinski definition) is 0. The van der Waals surface area contributed by atoms with Crippen LogP contribution in [0.25, 0.3) is 0 Å². The predicted octanol–water partition coefficient (Wildman–Crippen LogP) is 5.82. The molecule has 1 saturated heterocycles. The Bertz CT molecular complexity index is 957.